The Hall–Kier alpha value is -2.96. The Morgan fingerprint density at radius 1 is 1.04 bits per heavy atom. The third-order valence-corrected chi connectivity index (χ3v) is 4.82. The zero-order valence-corrected chi connectivity index (χ0v) is 14.5. The number of carbonyl (C=O) groups excluding carboxylic acids is 4. The largest absolute Gasteiger partial charge is 0.355 e. The molecule has 0 spiro atoms. The quantitative estimate of drug-likeness (QED) is 0.615. The van der Waals surface area contributed by atoms with Crippen LogP contribution in [0.4, 0.5) is 5.69 Å². The molecule has 26 heavy (non-hydrogen) atoms. The molecule has 4 amide bonds. The molecule has 1 aromatic rings. The van der Waals surface area contributed by atoms with Crippen LogP contribution in [-0.2, 0) is 14.4 Å². The zero-order valence-electron chi connectivity index (χ0n) is 14.5. The van der Waals surface area contributed by atoms with E-state index in [9.17, 15) is 19.2 Å². The normalized spacial score (nSPS) is 21.5. The van der Waals surface area contributed by atoms with Crippen LogP contribution in [0.1, 0.15) is 29.6 Å². The van der Waals surface area contributed by atoms with Crippen LogP contribution in [-0.4, -0.2) is 42.1 Å². The Morgan fingerprint density at radius 2 is 1.62 bits per heavy atom. The molecular weight excluding hydrogens is 334 g/mol. The number of carbonyl (C=O) groups is 4. The van der Waals surface area contributed by atoms with Gasteiger partial charge in [-0.3, -0.25) is 24.1 Å². The van der Waals surface area contributed by atoms with Crippen LogP contribution in [0.5, 0.6) is 0 Å². The summed E-state index contributed by atoms with van der Waals surface area (Å²) < 4.78 is 0. The molecule has 0 saturated carbocycles. The maximum atomic E-state index is 12.4. The number of fused-ring (bicyclic) bond motifs is 1. The van der Waals surface area contributed by atoms with Gasteiger partial charge in [-0.25, -0.2) is 0 Å². The van der Waals surface area contributed by atoms with E-state index >= 15 is 0 Å². The van der Waals surface area contributed by atoms with Gasteiger partial charge in [-0.2, -0.15) is 0 Å². The van der Waals surface area contributed by atoms with Gasteiger partial charge in [-0.1, -0.05) is 12.2 Å². The molecule has 0 unspecified atom stereocenters. The summed E-state index contributed by atoms with van der Waals surface area (Å²) in [5, 5.41) is 5.23. The van der Waals surface area contributed by atoms with Gasteiger partial charge in [0.25, 0.3) is 5.91 Å². The van der Waals surface area contributed by atoms with Crippen LogP contribution >= 0.6 is 0 Å². The number of rotatable bonds is 5. The standard InChI is InChI=1S/C19H21N3O4/c1-20-17(24)12-6-8-13(9-7-12)21-16(23)10-11-22-18(25)14-4-2-3-5-15(14)19(22)26/h2-3,6-9,14-15H,4-5,10-11H2,1H3,(H,20,24)(H,21,23)/t14-,15+. The average molecular weight is 355 g/mol. The lowest BCUT2D eigenvalue weighted by Gasteiger charge is -2.14. The number of likely N-dealkylation sites (tertiary alicyclic amines) is 1. The van der Waals surface area contributed by atoms with E-state index in [1.165, 1.54) is 4.90 Å². The molecule has 0 aromatic heterocycles. The van der Waals surface area contributed by atoms with Gasteiger partial charge in [-0.15, -0.1) is 0 Å². The minimum absolute atomic E-state index is 0.0432. The summed E-state index contributed by atoms with van der Waals surface area (Å²) in [6.07, 6.45) is 5.10. The van der Waals surface area contributed by atoms with Crippen molar-refractivity contribution in [1.82, 2.24) is 10.2 Å². The van der Waals surface area contributed by atoms with Crippen LogP contribution in [0.3, 0.4) is 0 Å². The van der Waals surface area contributed by atoms with Gasteiger partial charge >= 0.3 is 0 Å². The highest BCUT2D eigenvalue weighted by Gasteiger charge is 2.46. The van der Waals surface area contributed by atoms with Gasteiger partial charge in [0.05, 0.1) is 11.8 Å². The molecular formula is C19H21N3O4. The number of hydrogen-bond acceptors (Lipinski definition) is 4. The molecule has 1 aliphatic heterocycles. The fraction of sp³-hybridized carbons (Fsp3) is 0.368. The maximum absolute atomic E-state index is 12.4. The van der Waals surface area contributed by atoms with Crippen molar-refractivity contribution in [1.29, 1.82) is 0 Å². The predicted molar refractivity (Wildman–Crippen MR) is 95.2 cm³/mol. The molecule has 136 valence electrons. The summed E-state index contributed by atoms with van der Waals surface area (Å²) in [5.41, 5.74) is 1.05. The first-order chi connectivity index (χ1) is 12.5. The molecule has 0 bridgehead atoms. The van der Waals surface area contributed by atoms with E-state index < -0.39 is 0 Å². The van der Waals surface area contributed by atoms with Gasteiger partial charge in [0.2, 0.25) is 17.7 Å². The second-order valence-corrected chi connectivity index (χ2v) is 6.44. The molecule has 1 fully saturated rings. The van der Waals surface area contributed by atoms with Crippen molar-refractivity contribution in [2.45, 2.75) is 19.3 Å². The van der Waals surface area contributed by atoms with Crippen LogP contribution < -0.4 is 10.6 Å². The summed E-state index contributed by atoms with van der Waals surface area (Å²) in [6, 6.07) is 6.49. The van der Waals surface area contributed by atoms with Crippen molar-refractivity contribution in [3.05, 3.63) is 42.0 Å². The molecule has 3 rings (SSSR count). The Balaban J connectivity index is 1.53. The van der Waals surface area contributed by atoms with Crippen molar-refractivity contribution in [3.8, 4) is 0 Å². The average Bonchev–Trinajstić information content (AvgIpc) is 2.91. The fourth-order valence-corrected chi connectivity index (χ4v) is 3.38. The summed E-state index contributed by atoms with van der Waals surface area (Å²) in [6.45, 7) is 0.0901. The van der Waals surface area contributed by atoms with E-state index in [1.54, 1.807) is 31.3 Å². The molecule has 2 atom stereocenters. The Bertz CT molecular complexity index is 743. The first-order valence-corrected chi connectivity index (χ1v) is 8.63. The van der Waals surface area contributed by atoms with E-state index in [0.717, 1.165) is 0 Å². The maximum Gasteiger partial charge on any atom is 0.251 e. The molecule has 1 aliphatic carbocycles. The van der Waals surface area contributed by atoms with Gasteiger partial charge in [-0.05, 0) is 37.1 Å². The summed E-state index contributed by atoms with van der Waals surface area (Å²) in [5.74, 6) is -1.38. The van der Waals surface area contributed by atoms with E-state index in [1.807, 2.05) is 12.2 Å². The zero-order chi connectivity index (χ0) is 18.7. The van der Waals surface area contributed by atoms with Gasteiger partial charge < -0.3 is 10.6 Å². The minimum Gasteiger partial charge on any atom is -0.355 e. The number of benzene rings is 1. The predicted octanol–water partition coefficient (Wildman–Crippen LogP) is 1.33. The lowest BCUT2D eigenvalue weighted by atomic mass is 9.85. The molecule has 2 N–H and O–H groups in total. The fourth-order valence-electron chi connectivity index (χ4n) is 3.38. The van der Waals surface area contributed by atoms with Crippen LogP contribution in [0.25, 0.3) is 0 Å². The lowest BCUT2D eigenvalue weighted by Crippen LogP contribution is -2.34. The number of nitrogens with one attached hydrogen (secondary N) is 2. The first kappa shape index (κ1) is 17.8. The van der Waals surface area contributed by atoms with E-state index in [4.69, 9.17) is 0 Å². The second kappa shape index (κ2) is 7.51. The topological polar surface area (TPSA) is 95.6 Å². The number of allylic oxidation sites excluding steroid dienone is 2. The molecule has 7 heteroatoms. The number of hydrogen-bond donors (Lipinski definition) is 2. The van der Waals surface area contributed by atoms with Crippen molar-refractivity contribution in [3.63, 3.8) is 0 Å². The van der Waals surface area contributed by atoms with Crippen LogP contribution in [0.15, 0.2) is 36.4 Å². The third-order valence-electron chi connectivity index (χ3n) is 4.82. The van der Waals surface area contributed by atoms with Crippen LogP contribution in [0, 0.1) is 11.8 Å². The molecule has 1 aromatic carbocycles. The molecule has 7 nitrogen and oxygen atoms in total. The summed E-state index contributed by atoms with van der Waals surface area (Å²) in [4.78, 5) is 49.5. The molecule has 1 saturated heterocycles. The number of imide groups is 1. The van der Waals surface area contributed by atoms with Crippen molar-refractivity contribution >= 4 is 29.3 Å². The second-order valence-electron chi connectivity index (χ2n) is 6.44. The Kier molecular flexibility index (Phi) is 5.16. The highest BCUT2D eigenvalue weighted by atomic mass is 16.2. The van der Waals surface area contributed by atoms with E-state index in [2.05, 4.69) is 10.6 Å². The highest BCUT2D eigenvalue weighted by molar-refractivity contribution is 6.06. The van der Waals surface area contributed by atoms with Gasteiger partial charge in [0.15, 0.2) is 0 Å². The van der Waals surface area contributed by atoms with E-state index in [-0.39, 0.29) is 48.4 Å². The Morgan fingerprint density at radius 3 is 2.15 bits per heavy atom. The summed E-state index contributed by atoms with van der Waals surface area (Å²) in [7, 11) is 1.55. The van der Waals surface area contributed by atoms with Crippen LogP contribution in [0.2, 0.25) is 0 Å². The van der Waals surface area contributed by atoms with Gasteiger partial charge in [0, 0.05) is 31.3 Å². The molecule has 0 radical (unpaired) electrons. The Labute approximate surface area is 151 Å². The summed E-state index contributed by atoms with van der Waals surface area (Å²) >= 11 is 0. The number of anilines is 1. The van der Waals surface area contributed by atoms with Crippen molar-refractivity contribution < 1.29 is 19.2 Å². The number of amides is 4. The van der Waals surface area contributed by atoms with Gasteiger partial charge in [0.1, 0.15) is 0 Å². The smallest absolute Gasteiger partial charge is 0.251 e. The number of nitrogens with zero attached hydrogens (tertiary/aromatic N) is 1. The van der Waals surface area contributed by atoms with E-state index in [0.29, 0.717) is 24.1 Å². The molecule has 2 aliphatic rings. The minimum atomic E-state index is -0.286. The lowest BCUT2D eigenvalue weighted by molar-refractivity contribution is -0.140. The third kappa shape index (κ3) is 3.51. The highest BCUT2D eigenvalue weighted by Crippen LogP contribution is 2.35. The molecule has 1 heterocycles. The van der Waals surface area contributed by atoms with Crippen molar-refractivity contribution in [2.24, 2.45) is 11.8 Å². The van der Waals surface area contributed by atoms with Crippen molar-refractivity contribution in [2.75, 3.05) is 18.9 Å². The SMILES string of the molecule is CNC(=O)c1ccc(NC(=O)CCN2C(=O)[C@H]3CC=CC[C@H]3C2=O)cc1. The first-order valence-electron chi connectivity index (χ1n) is 8.63. The monoisotopic (exact) mass is 355 g/mol.